The van der Waals surface area contributed by atoms with Crippen molar-refractivity contribution in [2.45, 2.75) is 44.0 Å². The smallest absolute Gasteiger partial charge is 0.387 e. The van der Waals surface area contributed by atoms with Gasteiger partial charge in [0.25, 0.3) is 5.91 Å². The van der Waals surface area contributed by atoms with Gasteiger partial charge in [-0.2, -0.15) is 8.78 Å². The Morgan fingerprint density at radius 3 is 2.62 bits per heavy atom. The molecule has 7 nitrogen and oxygen atoms in total. The topological polar surface area (TPSA) is 69.6 Å². The van der Waals surface area contributed by atoms with Gasteiger partial charge < -0.3 is 23.9 Å². The van der Waals surface area contributed by atoms with Gasteiger partial charge in [-0.15, -0.1) is 0 Å². The Kier molecular flexibility index (Phi) is 6.36. The maximum Gasteiger partial charge on any atom is 0.387 e. The number of piperidine rings is 1. The number of oxime groups is 1. The lowest BCUT2D eigenvalue weighted by molar-refractivity contribution is -0.0524. The van der Waals surface area contributed by atoms with E-state index in [0.29, 0.717) is 51.1 Å². The lowest BCUT2D eigenvalue weighted by atomic mass is 9.93. The van der Waals surface area contributed by atoms with Crippen molar-refractivity contribution in [3.05, 3.63) is 59.7 Å². The van der Waals surface area contributed by atoms with Crippen LogP contribution in [0.25, 0.3) is 0 Å². The van der Waals surface area contributed by atoms with E-state index < -0.39 is 12.2 Å². The summed E-state index contributed by atoms with van der Waals surface area (Å²) in [6, 6.07) is 14.0. The van der Waals surface area contributed by atoms with Crippen molar-refractivity contribution in [3.63, 3.8) is 0 Å². The van der Waals surface area contributed by atoms with Crippen molar-refractivity contribution < 1.29 is 32.6 Å². The first kappa shape index (κ1) is 22.6. The van der Waals surface area contributed by atoms with Crippen LogP contribution < -0.4 is 9.47 Å². The second kappa shape index (κ2) is 9.58. The Morgan fingerprint density at radius 1 is 1.12 bits per heavy atom. The molecule has 3 aliphatic rings. The number of nitrogens with zero attached hydrogens (tertiary/aromatic N) is 2. The molecule has 180 valence electrons. The third kappa shape index (κ3) is 4.84. The maximum absolute atomic E-state index is 13.0. The Hall–Kier alpha value is -3.20. The predicted octanol–water partition coefficient (Wildman–Crippen LogP) is 4.26. The standard InChI is InChI=1S/C25H26F2N2O5/c26-24(27)33-21-7-6-18(20-15-25(34-28-20)10-13-31-16-25)14-22(21)32-19-8-11-29(12-9-19)23(30)17-4-2-1-3-5-17/h1-7,14,19,24H,8-13,15-16H2. The summed E-state index contributed by atoms with van der Waals surface area (Å²) in [6.45, 7) is -0.817. The number of hydrogen-bond donors (Lipinski definition) is 0. The number of carbonyl (C=O) groups is 1. The van der Waals surface area contributed by atoms with Crippen LogP contribution in [0.5, 0.6) is 11.5 Å². The lowest BCUT2D eigenvalue weighted by Crippen LogP contribution is -2.41. The van der Waals surface area contributed by atoms with Crippen molar-refractivity contribution in [2.75, 3.05) is 26.3 Å². The highest BCUT2D eigenvalue weighted by Crippen LogP contribution is 2.37. The van der Waals surface area contributed by atoms with Crippen LogP contribution >= 0.6 is 0 Å². The molecule has 9 heteroatoms. The summed E-state index contributed by atoms with van der Waals surface area (Å²) in [7, 11) is 0. The fraction of sp³-hybridized carbons (Fsp3) is 0.440. The normalized spacial score (nSPS) is 22.7. The molecular weight excluding hydrogens is 446 g/mol. The van der Waals surface area contributed by atoms with Gasteiger partial charge in [-0.3, -0.25) is 4.79 Å². The summed E-state index contributed by atoms with van der Waals surface area (Å²) in [5.74, 6) is 0.184. The second-order valence-electron chi connectivity index (χ2n) is 8.81. The van der Waals surface area contributed by atoms with E-state index in [9.17, 15) is 13.6 Å². The third-order valence-electron chi connectivity index (χ3n) is 6.44. The number of halogens is 2. The van der Waals surface area contributed by atoms with E-state index in [4.69, 9.17) is 19.0 Å². The number of rotatable bonds is 6. The number of hydrogen-bond acceptors (Lipinski definition) is 6. The number of alkyl halides is 2. The molecule has 3 aliphatic heterocycles. The SMILES string of the molecule is O=C(c1ccccc1)N1CCC(Oc2cc(C3=NOC4(CCOC4)C3)ccc2OC(F)F)CC1. The average molecular weight is 472 g/mol. The van der Waals surface area contributed by atoms with Gasteiger partial charge in [-0.25, -0.2) is 0 Å². The zero-order chi connectivity index (χ0) is 23.5. The van der Waals surface area contributed by atoms with E-state index in [2.05, 4.69) is 5.16 Å². The molecule has 2 fully saturated rings. The van der Waals surface area contributed by atoms with Crippen LogP contribution in [-0.2, 0) is 9.57 Å². The molecule has 0 bridgehead atoms. The maximum atomic E-state index is 13.0. The quantitative estimate of drug-likeness (QED) is 0.629. The molecule has 3 heterocycles. The van der Waals surface area contributed by atoms with E-state index in [1.54, 1.807) is 29.2 Å². The lowest BCUT2D eigenvalue weighted by Gasteiger charge is -2.32. The molecular formula is C25H26F2N2O5. The van der Waals surface area contributed by atoms with Crippen LogP contribution in [-0.4, -0.2) is 61.1 Å². The molecule has 0 saturated carbocycles. The molecule has 1 unspecified atom stereocenters. The molecule has 1 spiro atoms. The van der Waals surface area contributed by atoms with E-state index in [0.717, 1.165) is 17.7 Å². The summed E-state index contributed by atoms with van der Waals surface area (Å²) in [5, 5.41) is 4.23. The second-order valence-corrected chi connectivity index (χ2v) is 8.81. The van der Waals surface area contributed by atoms with Gasteiger partial charge >= 0.3 is 6.61 Å². The van der Waals surface area contributed by atoms with Gasteiger partial charge in [-0.05, 0) is 30.3 Å². The third-order valence-corrected chi connectivity index (χ3v) is 6.44. The molecule has 0 N–H and O–H groups in total. The van der Waals surface area contributed by atoms with E-state index in [1.165, 1.54) is 6.07 Å². The monoisotopic (exact) mass is 472 g/mol. The molecule has 5 rings (SSSR count). The molecule has 0 aromatic heterocycles. The highest BCUT2D eigenvalue weighted by Gasteiger charge is 2.43. The van der Waals surface area contributed by atoms with E-state index >= 15 is 0 Å². The molecule has 2 saturated heterocycles. The van der Waals surface area contributed by atoms with Crippen molar-refractivity contribution in [2.24, 2.45) is 5.16 Å². The number of amides is 1. The summed E-state index contributed by atoms with van der Waals surface area (Å²) < 4.78 is 42.3. The van der Waals surface area contributed by atoms with Crippen LogP contribution in [0.15, 0.2) is 53.7 Å². The molecule has 2 aromatic rings. The number of benzene rings is 2. The molecule has 1 atom stereocenters. The number of likely N-dealkylation sites (tertiary alicyclic amines) is 1. The van der Waals surface area contributed by atoms with Gasteiger partial charge in [0, 0.05) is 49.9 Å². The van der Waals surface area contributed by atoms with Gasteiger partial charge in [0.05, 0.1) is 18.9 Å². The molecule has 34 heavy (non-hydrogen) atoms. The fourth-order valence-corrected chi connectivity index (χ4v) is 4.57. The Morgan fingerprint density at radius 2 is 1.91 bits per heavy atom. The Bertz CT molecular complexity index is 1050. The molecule has 0 aliphatic carbocycles. The minimum absolute atomic E-state index is 0.0214. The largest absolute Gasteiger partial charge is 0.486 e. The first-order chi connectivity index (χ1) is 16.5. The minimum Gasteiger partial charge on any atom is -0.486 e. The van der Waals surface area contributed by atoms with Crippen molar-refractivity contribution in [1.82, 2.24) is 4.90 Å². The first-order valence-corrected chi connectivity index (χ1v) is 11.4. The van der Waals surface area contributed by atoms with Crippen molar-refractivity contribution in [3.8, 4) is 11.5 Å². The van der Waals surface area contributed by atoms with Gasteiger partial charge in [0.1, 0.15) is 6.10 Å². The highest BCUT2D eigenvalue weighted by atomic mass is 19.3. The average Bonchev–Trinajstić information content (AvgIpc) is 3.50. The van der Waals surface area contributed by atoms with Gasteiger partial charge in [-0.1, -0.05) is 23.4 Å². The van der Waals surface area contributed by atoms with Crippen LogP contribution in [0.4, 0.5) is 8.78 Å². The summed E-state index contributed by atoms with van der Waals surface area (Å²) in [6.07, 6.45) is 2.28. The van der Waals surface area contributed by atoms with E-state index in [-0.39, 0.29) is 23.5 Å². The van der Waals surface area contributed by atoms with Gasteiger partial charge in [0.2, 0.25) is 0 Å². The minimum atomic E-state index is -2.97. The highest BCUT2D eigenvalue weighted by molar-refractivity contribution is 6.02. The Labute approximate surface area is 196 Å². The Balaban J connectivity index is 1.27. The van der Waals surface area contributed by atoms with Crippen LogP contribution in [0.1, 0.15) is 41.6 Å². The number of carbonyl (C=O) groups excluding carboxylic acids is 1. The molecule has 0 radical (unpaired) electrons. The fourth-order valence-electron chi connectivity index (χ4n) is 4.57. The van der Waals surface area contributed by atoms with Crippen LogP contribution in [0.2, 0.25) is 0 Å². The summed E-state index contributed by atoms with van der Waals surface area (Å²) in [5.41, 5.74) is 1.67. The van der Waals surface area contributed by atoms with Gasteiger partial charge in [0.15, 0.2) is 17.1 Å². The van der Waals surface area contributed by atoms with E-state index in [1.807, 2.05) is 18.2 Å². The molecule has 1 amide bonds. The molecule has 2 aromatic carbocycles. The number of ether oxygens (including phenoxy) is 3. The van der Waals surface area contributed by atoms with Crippen molar-refractivity contribution >= 4 is 11.6 Å². The predicted molar refractivity (Wildman–Crippen MR) is 119 cm³/mol. The summed E-state index contributed by atoms with van der Waals surface area (Å²) >= 11 is 0. The zero-order valence-corrected chi connectivity index (χ0v) is 18.6. The van der Waals surface area contributed by atoms with Crippen molar-refractivity contribution in [1.29, 1.82) is 0 Å². The zero-order valence-electron chi connectivity index (χ0n) is 18.6. The first-order valence-electron chi connectivity index (χ1n) is 11.4. The van der Waals surface area contributed by atoms with Crippen LogP contribution in [0.3, 0.4) is 0 Å². The van der Waals surface area contributed by atoms with Crippen LogP contribution in [0, 0.1) is 0 Å². The summed E-state index contributed by atoms with van der Waals surface area (Å²) in [4.78, 5) is 20.1.